The van der Waals surface area contributed by atoms with E-state index in [0.29, 0.717) is 0 Å². The van der Waals surface area contributed by atoms with Gasteiger partial charge in [0.15, 0.2) is 0 Å². The summed E-state index contributed by atoms with van der Waals surface area (Å²) in [5.74, 6) is 0. The SMILES string of the molecule is Cc1cn(Cc2ccccc2Cl)c2ccc(Cl)cc12. The molecule has 0 N–H and O–H groups in total. The molecule has 0 atom stereocenters. The van der Waals surface area contributed by atoms with Crippen LogP contribution in [0.1, 0.15) is 11.1 Å². The Hall–Kier alpha value is -1.44. The fourth-order valence-electron chi connectivity index (χ4n) is 2.39. The highest BCUT2D eigenvalue weighted by molar-refractivity contribution is 6.31. The Morgan fingerprint density at radius 1 is 1.05 bits per heavy atom. The molecular weight excluding hydrogens is 277 g/mol. The van der Waals surface area contributed by atoms with Crippen LogP contribution in [0.15, 0.2) is 48.7 Å². The quantitative estimate of drug-likeness (QED) is 0.603. The van der Waals surface area contributed by atoms with Crippen molar-refractivity contribution < 1.29 is 0 Å². The molecule has 0 amide bonds. The maximum atomic E-state index is 6.22. The molecule has 1 nitrogen and oxygen atoms in total. The molecule has 0 saturated carbocycles. The molecule has 3 aromatic rings. The van der Waals surface area contributed by atoms with Crippen LogP contribution in [0.4, 0.5) is 0 Å². The maximum Gasteiger partial charge on any atom is 0.0491 e. The zero-order chi connectivity index (χ0) is 13.4. The summed E-state index contributed by atoms with van der Waals surface area (Å²) in [6.45, 7) is 2.87. The van der Waals surface area contributed by atoms with Gasteiger partial charge in [-0.05, 0) is 42.3 Å². The van der Waals surface area contributed by atoms with Gasteiger partial charge in [-0.1, -0.05) is 41.4 Å². The molecule has 0 aliphatic rings. The summed E-state index contributed by atoms with van der Waals surface area (Å²) in [6, 6.07) is 13.9. The monoisotopic (exact) mass is 289 g/mol. The van der Waals surface area contributed by atoms with Crippen LogP contribution in [0.25, 0.3) is 10.9 Å². The van der Waals surface area contributed by atoms with Crippen molar-refractivity contribution in [1.82, 2.24) is 4.57 Å². The van der Waals surface area contributed by atoms with Crippen molar-refractivity contribution >= 4 is 34.1 Å². The normalized spacial score (nSPS) is 11.1. The molecule has 0 fully saturated rings. The van der Waals surface area contributed by atoms with Crippen molar-refractivity contribution in [2.75, 3.05) is 0 Å². The minimum absolute atomic E-state index is 0.769. The maximum absolute atomic E-state index is 6.22. The number of halogens is 2. The summed E-state index contributed by atoms with van der Waals surface area (Å²) in [5, 5.41) is 2.77. The Kier molecular flexibility index (Phi) is 3.26. The smallest absolute Gasteiger partial charge is 0.0491 e. The number of aryl methyl sites for hydroxylation is 1. The van der Waals surface area contributed by atoms with Gasteiger partial charge in [-0.2, -0.15) is 0 Å². The highest BCUT2D eigenvalue weighted by atomic mass is 35.5. The molecule has 96 valence electrons. The standard InChI is InChI=1S/C16H13Cl2N/c1-11-9-19(10-12-4-2-3-5-15(12)18)16-7-6-13(17)8-14(11)16/h2-9H,10H2,1H3. The topological polar surface area (TPSA) is 4.93 Å². The van der Waals surface area contributed by atoms with E-state index < -0.39 is 0 Å². The number of benzene rings is 2. The molecule has 19 heavy (non-hydrogen) atoms. The highest BCUT2D eigenvalue weighted by Crippen LogP contribution is 2.26. The van der Waals surface area contributed by atoms with Gasteiger partial charge >= 0.3 is 0 Å². The molecule has 0 spiro atoms. The Balaban J connectivity index is 2.09. The van der Waals surface area contributed by atoms with E-state index >= 15 is 0 Å². The van der Waals surface area contributed by atoms with E-state index in [4.69, 9.17) is 23.2 Å². The fraction of sp³-hybridized carbons (Fsp3) is 0.125. The van der Waals surface area contributed by atoms with Crippen LogP contribution in [0.2, 0.25) is 10.0 Å². The third kappa shape index (κ3) is 2.36. The molecule has 0 bridgehead atoms. The zero-order valence-corrected chi connectivity index (χ0v) is 12.0. The summed E-state index contributed by atoms with van der Waals surface area (Å²) in [4.78, 5) is 0. The molecule has 3 rings (SSSR count). The van der Waals surface area contributed by atoms with Gasteiger partial charge in [0, 0.05) is 33.7 Å². The first-order valence-corrected chi connectivity index (χ1v) is 6.89. The van der Waals surface area contributed by atoms with Crippen LogP contribution in [-0.4, -0.2) is 4.57 Å². The van der Waals surface area contributed by atoms with Crippen molar-refractivity contribution in [2.45, 2.75) is 13.5 Å². The largest absolute Gasteiger partial charge is 0.343 e. The Labute approximate surface area is 122 Å². The molecule has 2 aromatic carbocycles. The first-order chi connectivity index (χ1) is 9.15. The summed E-state index contributed by atoms with van der Waals surface area (Å²) in [7, 11) is 0. The predicted molar refractivity (Wildman–Crippen MR) is 82.2 cm³/mol. The molecule has 0 aliphatic heterocycles. The summed E-state index contributed by atoms with van der Waals surface area (Å²) < 4.78 is 2.21. The fourth-order valence-corrected chi connectivity index (χ4v) is 2.76. The molecule has 0 unspecified atom stereocenters. The van der Waals surface area contributed by atoms with Gasteiger partial charge in [-0.25, -0.2) is 0 Å². The van der Waals surface area contributed by atoms with Gasteiger partial charge in [0.2, 0.25) is 0 Å². The van der Waals surface area contributed by atoms with E-state index in [2.05, 4.69) is 29.8 Å². The lowest BCUT2D eigenvalue weighted by Crippen LogP contribution is -1.98. The van der Waals surface area contributed by atoms with E-state index in [1.54, 1.807) is 0 Å². The third-order valence-electron chi connectivity index (χ3n) is 3.34. The molecule has 0 radical (unpaired) electrons. The van der Waals surface area contributed by atoms with Crippen molar-refractivity contribution in [3.63, 3.8) is 0 Å². The summed E-state index contributed by atoms with van der Waals surface area (Å²) >= 11 is 12.3. The van der Waals surface area contributed by atoms with Gasteiger partial charge in [-0.15, -0.1) is 0 Å². The third-order valence-corrected chi connectivity index (χ3v) is 3.94. The minimum atomic E-state index is 0.769. The van der Waals surface area contributed by atoms with Crippen LogP contribution in [0, 0.1) is 6.92 Å². The van der Waals surface area contributed by atoms with E-state index in [0.717, 1.165) is 22.2 Å². The number of hydrogen-bond donors (Lipinski definition) is 0. The van der Waals surface area contributed by atoms with Gasteiger partial charge in [0.25, 0.3) is 0 Å². The lowest BCUT2D eigenvalue weighted by Gasteiger charge is -2.07. The molecule has 0 aliphatic carbocycles. The molecule has 1 heterocycles. The Bertz CT molecular complexity index is 744. The van der Waals surface area contributed by atoms with Gasteiger partial charge in [0.05, 0.1) is 0 Å². The van der Waals surface area contributed by atoms with Gasteiger partial charge in [-0.3, -0.25) is 0 Å². The number of fused-ring (bicyclic) bond motifs is 1. The van der Waals surface area contributed by atoms with Crippen molar-refractivity contribution in [1.29, 1.82) is 0 Å². The van der Waals surface area contributed by atoms with Gasteiger partial charge in [0.1, 0.15) is 0 Å². The highest BCUT2D eigenvalue weighted by Gasteiger charge is 2.07. The van der Waals surface area contributed by atoms with Crippen LogP contribution >= 0.6 is 23.2 Å². The minimum Gasteiger partial charge on any atom is -0.343 e. The molecule has 3 heteroatoms. The van der Waals surface area contributed by atoms with Crippen LogP contribution < -0.4 is 0 Å². The average molecular weight is 290 g/mol. The average Bonchev–Trinajstić information content (AvgIpc) is 2.69. The van der Waals surface area contributed by atoms with Crippen LogP contribution in [-0.2, 0) is 6.54 Å². The first kappa shape index (κ1) is 12.6. The lowest BCUT2D eigenvalue weighted by molar-refractivity contribution is 0.834. The molecule has 0 saturated heterocycles. The van der Waals surface area contributed by atoms with E-state index in [1.165, 1.54) is 16.5 Å². The number of hydrogen-bond acceptors (Lipinski definition) is 0. The van der Waals surface area contributed by atoms with Crippen molar-refractivity contribution in [3.8, 4) is 0 Å². The second kappa shape index (κ2) is 4.92. The van der Waals surface area contributed by atoms with Crippen molar-refractivity contribution in [2.24, 2.45) is 0 Å². The summed E-state index contributed by atoms with van der Waals surface area (Å²) in [6.07, 6.45) is 2.14. The number of aromatic nitrogens is 1. The van der Waals surface area contributed by atoms with E-state index in [1.807, 2.05) is 30.3 Å². The Morgan fingerprint density at radius 2 is 1.84 bits per heavy atom. The lowest BCUT2D eigenvalue weighted by atomic mass is 10.2. The number of nitrogens with zero attached hydrogens (tertiary/aromatic N) is 1. The second-order valence-electron chi connectivity index (χ2n) is 4.69. The number of rotatable bonds is 2. The van der Waals surface area contributed by atoms with Crippen LogP contribution in [0.5, 0.6) is 0 Å². The van der Waals surface area contributed by atoms with Crippen molar-refractivity contribution in [3.05, 3.63) is 69.8 Å². The van der Waals surface area contributed by atoms with Gasteiger partial charge < -0.3 is 4.57 Å². The molecular formula is C16H13Cl2N. The van der Waals surface area contributed by atoms with Crippen LogP contribution in [0.3, 0.4) is 0 Å². The predicted octanol–water partition coefficient (Wildman–Crippen LogP) is 5.30. The summed E-state index contributed by atoms with van der Waals surface area (Å²) in [5.41, 5.74) is 3.53. The Morgan fingerprint density at radius 3 is 2.63 bits per heavy atom. The molecule has 1 aromatic heterocycles. The second-order valence-corrected chi connectivity index (χ2v) is 5.54. The zero-order valence-electron chi connectivity index (χ0n) is 10.5. The van der Waals surface area contributed by atoms with E-state index in [-0.39, 0.29) is 0 Å². The first-order valence-electron chi connectivity index (χ1n) is 6.13. The van der Waals surface area contributed by atoms with E-state index in [9.17, 15) is 0 Å².